The summed E-state index contributed by atoms with van der Waals surface area (Å²) in [5.74, 6) is -0.0764. The van der Waals surface area contributed by atoms with E-state index < -0.39 is 5.97 Å². The number of carboxylic acid groups (broad SMARTS) is 1. The number of hydrogen-bond acceptors (Lipinski definition) is 3. The molecule has 0 aromatic rings. The van der Waals surface area contributed by atoms with Gasteiger partial charge in [-0.15, -0.1) is 0 Å². The third-order valence-electron chi connectivity index (χ3n) is 5.82. The van der Waals surface area contributed by atoms with Crippen LogP contribution < -0.4 is 0 Å². The van der Waals surface area contributed by atoms with Crippen LogP contribution in [0.4, 0.5) is 0 Å². The van der Waals surface area contributed by atoms with Crippen LogP contribution in [0.2, 0.25) is 0 Å². The van der Waals surface area contributed by atoms with E-state index >= 15 is 0 Å². The molecule has 1 aliphatic rings. The number of aliphatic carboxylic acids is 1. The van der Waals surface area contributed by atoms with Crippen molar-refractivity contribution in [1.29, 1.82) is 0 Å². The highest BCUT2D eigenvalue weighted by molar-refractivity contribution is 5.75. The highest BCUT2D eigenvalue weighted by Crippen LogP contribution is 2.31. The van der Waals surface area contributed by atoms with E-state index in [2.05, 4.69) is 27.7 Å². The molecule has 0 bridgehead atoms. The first-order valence-corrected chi connectivity index (χ1v) is 10.3. The van der Waals surface area contributed by atoms with Gasteiger partial charge in [-0.3, -0.25) is 9.59 Å². The highest BCUT2D eigenvalue weighted by Gasteiger charge is 2.32. The van der Waals surface area contributed by atoms with Crippen LogP contribution in [0.5, 0.6) is 0 Å². The first-order valence-electron chi connectivity index (χ1n) is 10.3. The smallest absolute Gasteiger partial charge is 0.308 e. The van der Waals surface area contributed by atoms with Gasteiger partial charge in [-0.2, -0.15) is 0 Å². The predicted octanol–water partition coefficient (Wildman–Crippen LogP) is 5.30. The molecule has 0 spiro atoms. The summed E-state index contributed by atoms with van der Waals surface area (Å²) in [6, 6.07) is 0. The Kier molecular flexibility index (Phi) is 10.1. The Morgan fingerprint density at radius 2 is 1.76 bits per heavy atom. The first kappa shape index (κ1) is 22.0. The Hall–Kier alpha value is -1.06. The van der Waals surface area contributed by atoms with E-state index in [1.807, 2.05) is 0 Å². The van der Waals surface area contributed by atoms with Gasteiger partial charge < -0.3 is 9.84 Å². The van der Waals surface area contributed by atoms with E-state index in [9.17, 15) is 9.59 Å². The van der Waals surface area contributed by atoms with Crippen molar-refractivity contribution < 1.29 is 19.4 Å². The fourth-order valence-electron chi connectivity index (χ4n) is 4.16. The minimum absolute atomic E-state index is 0.189. The molecule has 0 aliphatic heterocycles. The van der Waals surface area contributed by atoms with Crippen LogP contribution in [0.25, 0.3) is 0 Å². The SMILES string of the molecule is CCCCCCC(C(C)C)C(C)COC(=O)C1CCCC(C(=O)O)C1. The fourth-order valence-corrected chi connectivity index (χ4v) is 4.16. The Labute approximate surface area is 153 Å². The fraction of sp³-hybridized carbons (Fsp3) is 0.905. The van der Waals surface area contributed by atoms with E-state index in [1.54, 1.807) is 0 Å². The molecule has 0 heterocycles. The van der Waals surface area contributed by atoms with E-state index in [-0.39, 0.29) is 17.8 Å². The predicted molar refractivity (Wildman–Crippen MR) is 100 cm³/mol. The average Bonchev–Trinajstić information content (AvgIpc) is 2.59. The van der Waals surface area contributed by atoms with Crippen molar-refractivity contribution in [3.8, 4) is 0 Å². The zero-order valence-electron chi connectivity index (χ0n) is 16.6. The molecule has 0 amide bonds. The molecule has 1 saturated carbocycles. The molecule has 4 nitrogen and oxygen atoms in total. The van der Waals surface area contributed by atoms with Crippen LogP contribution in [0, 0.1) is 29.6 Å². The summed E-state index contributed by atoms with van der Waals surface area (Å²) in [7, 11) is 0. The molecule has 25 heavy (non-hydrogen) atoms. The second-order valence-electron chi connectivity index (χ2n) is 8.26. The van der Waals surface area contributed by atoms with Gasteiger partial charge >= 0.3 is 11.9 Å². The maximum Gasteiger partial charge on any atom is 0.308 e. The van der Waals surface area contributed by atoms with Crippen LogP contribution >= 0.6 is 0 Å². The van der Waals surface area contributed by atoms with Gasteiger partial charge in [0.1, 0.15) is 0 Å². The van der Waals surface area contributed by atoms with Crippen molar-refractivity contribution in [1.82, 2.24) is 0 Å². The molecule has 1 rings (SSSR count). The zero-order chi connectivity index (χ0) is 18.8. The number of ether oxygens (including phenoxy) is 1. The van der Waals surface area contributed by atoms with E-state index in [4.69, 9.17) is 9.84 Å². The number of carbonyl (C=O) groups is 2. The van der Waals surface area contributed by atoms with Crippen LogP contribution in [0.3, 0.4) is 0 Å². The van der Waals surface area contributed by atoms with Gasteiger partial charge in [-0.05, 0) is 43.4 Å². The minimum Gasteiger partial charge on any atom is -0.481 e. The van der Waals surface area contributed by atoms with Crippen molar-refractivity contribution in [2.24, 2.45) is 29.6 Å². The summed E-state index contributed by atoms with van der Waals surface area (Å²) in [6.45, 7) is 9.37. The van der Waals surface area contributed by atoms with Crippen LogP contribution in [-0.4, -0.2) is 23.7 Å². The van der Waals surface area contributed by atoms with Gasteiger partial charge in [0.2, 0.25) is 0 Å². The Balaban J connectivity index is 2.42. The number of carbonyl (C=O) groups excluding carboxylic acids is 1. The largest absolute Gasteiger partial charge is 0.481 e. The molecule has 1 aliphatic carbocycles. The van der Waals surface area contributed by atoms with Crippen molar-refractivity contribution in [3.63, 3.8) is 0 Å². The molecule has 4 atom stereocenters. The normalized spacial score (nSPS) is 23.2. The maximum atomic E-state index is 12.3. The summed E-state index contributed by atoms with van der Waals surface area (Å²) in [4.78, 5) is 23.5. The molecule has 146 valence electrons. The molecule has 4 unspecified atom stereocenters. The van der Waals surface area contributed by atoms with Gasteiger partial charge in [-0.25, -0.2) is 0 Å². The third-order valence-corrected chi connectivity index (χ3v) is 5.82. The lowest BCUT2D eigenvalue weighted by Crippen LogP contribution is -2.30. The molecule has 0 saturated heterocycles. The number of hydrogen-bond donors (Lipinski definition) is 1. The molecule has 4 heteroatoms. The summed E-state index contributed by atoms with van der Waals surface area (Å²) in [5, 5.41) is 9.16. The topological polar surface area (TPSA) is 63.6 Å². The van der Waals surface area contributed by atoms with Crippen molar-refractivity contribution in [3.05, 3.63) is 0 Å². The Bertz CT molecular complexity index is 405. The molecule has 0 radical (unpaired) electrons. The van der Waals surface area contributed by atoms with Crippen molar-refractivity contribution in [2.45, 2.75) is 85.5 Å². The van der Waals surface area contributed by atoms with Crippen LogP contribution in [0.1, 0.15) is 85.5 Å². The van der Waals surface area contributed by atoms with Gasteiger partial charge in [0, 0.05) is 0 Å². The Morgan fingerprint density at radius 1 is 1.08 bits per heavy atom. The van der Waals surface area contributed by atoms with Crippen molar-refractivity contribution >= 4 is 11.9 Å². The molecule has 0 aromatic carbocycles. The quantitative estimate of drug-likeness (QED) is 0.404. The average molecular weight is 355 g/mol. The lowest BCUT2D eigenvalue weighted by atomic mass is 9.80. The maximum absolute atomic E-state index is 12.3. The van der Waals surface area contributed by atoms with Gasteiger partial charge in [0.15, 0.2) is 0 Å². The molecule has 1 N–H and O–H groups in total. The van der Waals surface area contributed by atoms with Gasteiger partial charge in [-0.1, -0.05) is 59.8 Å². The highest BCUT2D eigenvalue weighted by atomic mass is 16.5. The van der Waals surface area contributed by atoms with E-state index in [1.165, 1.54) is 32.1 Å². The standard InChI is InChI=1S/C21H38O4/c1-5-6-7-8-12-19(15(2)3)16(4)14-25-21(24)18-11-9-10-17(13-18)20(22)23/h15-19H,5-14H2,1-4H3,(H,22,23). The summed E-state index contributed by atoms with van der Waals surface area (Å²) < 4.78 is 5.60. The van der Waals surface area contributed by atoms with Crippen LogP contribution in [-0.2, 0) is 14.3 Å². The monoisotopic (exact) mass is 354 g/mol. The zero-order valence-corrected chi connectivity index (χ0v) is 16.6. The second kappa shape index (κ2) is 11.5. The van der Waals surface area contributed by atoms with E-state index in [0.29, 0.717) is 37.2 Å². The van der Waals surface area contributed by atoms with Gasteiger partial charge in [0.05, 0.1) is 18.4 Å². The Morgan fingerprint density at radius 3 is 2.36 bits per heavy atom. The van der Waals surface area contributed by atoms with E-state index in [0.717, 1.165) is 12.8 Å². The molecular formula is C21H38O4. The van der Waals surface area contributed by atoms with Crippen LogP contribution in [0.15, 0.2) is 0 Å². The molecule has 1 fully saturated rings. The summed E-state index contributed by atoms with van der Waals surface area (Å²) in [5.41, 5.74) is 0. The number of esters is 1. The lowest BCUT2D eigenvalue weighted by Gasteiger charge is -2.29. The number of rotatable bonds is 11. The number of carboxylic acids is 1. The summed E-state index contributed by atoms with van der Waals surface area (Å²) in [6.07, 6.45) is 8.96. The summed E-state index contributed by atoms with van der Waals surface area (Å²) >= 11 is 0. The lowest BCUT2D eigenvalue weighted by molar-refractivity contribution is -0.154. The minimum atomic E-state index is -0.780. The molecular weight excluding hydrogens is 316 g/mol. The number of unbranched alkanes of at least 4 members (excludes halogenated alkanes) is 3. The third kappa shape index (κ3) is 7.79. The van der Waals surface area contributed by atoms with Crippen molar-refractivity contribution in [2.75, 3.05) is 6.61 Å². The van der Waals surface area contributed by atoms with Gasteiger partial charge in [0.25, 0.3) is 0 Å². The molecule has 0 aromatic heterocycles. The first-order chi connectivity index (χ1) is 11.9. The second-order valence-corrected chi connectivity index (χ2v) is 8.26.